The molecule has 2 aromatic rings. The minimum Gasteiger partial charge on any atom is -0.493 e. The normalized spacial score (nSPS) is 22.2. The van der Waals surface area contributed by atoms with E-state index >= 15 is 0 Å². The van der Waals surface area contributed by atoms with Crippen LogP contribution in [-0.4, -0.2) is 40.5 Å². The van der Waals surface area contributed by atoms with E-state index in [4.69, 9.17) is 18.9 Å². The number of nitrogens with one attached hydrogen (secondary N) is 2. The van der Waals surface area contributed by atoms with Crippen molar-refractivity contribution in [2.24, 2.45) is 11.8 Å². The number of ether oxygens (including phenoxy) is 4. The van der Waals surface area contributed by atoms with E-state index in [9.17, 15) is 0 Å². The SMILES string of the molecule is CCCC[C@@H](CCCCC[C@H](CCCC)[C@H]1N[C@@H](C)Cc2cc(OC)c(OC)cc21)[C@H]1N[C@@H](C)Cc2cc(OC)c(OC)cc21. The zero-order valence-corrected chi connectivity index (χ0v) is 29.6. The topological polar surface area (TPSA) is 61.0 Å². The standard InChI is InChI=1S/C39H62N2O4/c1-9-11-16-28(38-32-24-36(44-7)34(42-5)22-30(32)20-26(3)40-38)18-14-13-15-19-29(17-12-10-2)39-33-25-37(45-8)35(43-6)23-31(33)21-27(4)41-39/h22-29,38-41H,9-21H2,1-8H3/t26-,27-,28-,29-,38+,39+/m0/s1. The quantitative estimate of drug-likeness (QED) is 0.162. The molecule has 2 N–H and O–H groups in total. The molecule has 2 heterocycles. The van der Waals surface area contributed by atoms with Crippen molar-refractivity contribution >= 4 is 0 Å². The van der Waals surface area contributed by atoms with Gasteiger partial charge in [-0.2, -0.15) is 0 Å². The Kier molecular flexibility index (Phi) is 13.7. The molecule has 0 saturated carbocycles. The van der Waals surface area contributed by atoms with E-state index in [0.717, 1.165) is 35.8 Å². The second-order valence-corrected chi connectivity index (χ2v) is 13.8. The smallest absolute Gasteiger partial charge is 0.161 e. The molecule has 0 fully saturated rings. The Bertz CT molecular complexity index is 1110. The van der Waals surface area contributed by atoms with Gasteiger partial charge in [0.25, 0.3) is 0 Å². The van der Waals surface area contributed by atoms with Gasteiger partial charge in [-0.25, -0.2) is 0 Å². The van der Waals surface area contributed by atoms with Crippen LogP contribution in [0.5, 0.6) is 23.0 Å². The highest BCUT2D eigenvalue weighted by molar-refractivity contribution is 5.51. The number of hydrogen-bond acceptors (Lipinski definition) is 6. The van der Waals surface area contributed by atoms with Crippen LogP contribution in [-0.2, 0) is 12.8 Å². The van der Waals surface area contributed by atoms with Crippen molar-refractivity contribution in [1.82, 2.24) is 10.6 Å². The van der Waals surface area contributed by atoms with Crippen molar-refractivity contribution in [2.75, 3.05) is 28.4 Å². The molecule has 6 atom stereocenters. The summed E-state index contributed by atoms with van der Waals surface area (Å²) in [5.41, 5.74) is 5.64. The highest BCUT2D eigenvalue weighted by Gasteiger charge is 2.33. The fourth-order valence-corrected chi connectivity index (χ4v) is 8.03. The molecule has 6 nitrogen and oxygen atoms in total. The monoisotopic (exact) mass is 622 g/mol. The van der Waals surface area contributed by atoms with Gasteiger partial charge in [0.1, 0.15) is 0 Å². The largest absolute Gasteiger partial charge is 0.493 e. The van der Waals surface area contributed by atoms with Gasteiger partial charge in [-0.15, -0.1) is 0 Å². The van der Waals surface area contributed by atoms with Crippen molar-refractivity contribution in [2.45, 2.75) is 135 Å². The Morgan fingerprint density at radius 2 is 0.911 bits per heavy atom. The van der Waals surface area contributed by atoms with Crippen LogP contribution < -0.4 is 29.6 Å². The van der Waals surface area contributed by atoms with Crippen LogP contribution in [0.3, 0.4) is 0 Å². The summed E-state index contributed by atoms with van der Waals surface area (Å²) in [5, 5.41) is 8.01. The maximum Gasteiger partial charge on any atom is 0.161 e. The van der Waals surface area contributed by atoms with Gasteiger partial charge in [-0.3, -0.25) is 0 Å². The fraction of sp³-hybridized carbons (Fsp3) is 0.692. The lowest BCUT2D eigenvalue weighted by atomic mass is 9.78. The van der Waals surface area contributed by atoms with Gasteiger partial charge in [0, 0.05) is 24.2 Å². The van der Waals surface area contributed by atoms with Crippen LogP contribution in [0.4, 0.5) is 0 Å². The van der Waals surface area contributed by atoms with Gasteiger partial charge in [-0.1, -0.05) is 58.8 Å². The van der Waals surface area contributed by atoms with Crippen LogP contribution in [0.2, 0.25) is 0 Å². The molecule has 2 aromatic carbocycles. The maximum absolute atomic E-state index is 5.73. The summed E-state index contributed by atoms with van der Waals surface area (Å²) < 4.78 is 22.8. The van der Waals surface area contributed by atoms with Crippen molar-refractivity contribution in [3.05, 3.63) is 46.5 Å². The van der Waals surface area contributed by atoms with Crippen LogP contribution in [0.15, 0.2) is 24.3 Å². The number of benzene rings is 2. The van der Waals surface area contributed by atoms with E-state index in [-0.39, 0.29) is 0 Å². The van der Waals surface area contributed by atoms with Crippen LogP contribution in [0, 0.1) is 11.8 Å². The van der Waals surface area contributed by atoms with E-state index in [0.29, 0.717) is 36.0 Å². The van der Waals surface area contributed by atoms with E-state index in [1.54, 1.807) is 28.4 Å². The first-order valence-electron chi connectivity index (χ1n) is 17.9. The number of rotatable bonds is 18. The lowest BCUT2D eigenvalue weighted by Gasteiger charge is -2.38. The predicted octanol–water partition coefficient (Wildman–Crippen LogP) is 9.14. The molecule has 0 unspecified atom stereocenters. The van der Waals surface area contributed by atoms with E-state index in [1.165, 1.54) is 92.9 Å². The summed E-state index contributed by atoms with van der Waals surface area (Å²) in [7, 11) is 6.97. The maximum atomic E-state index is 5.73. The van der Waals surface area contributed by atoms with E-state index in [2.05, 4.69) is 62.6 Å². The van der Waals surface area contributed by atoms with Crippen molar-refractivity contribution < 1.29 is 18.9 Å². The molecule has 252 valence electrons. The summed E-state index contributed by atoms with van der Waals surface area (Å²) in [5.74, 6) is 4.61. The molecule has 45 heavy (non-hydrogen) atoms. The fourth-order valence-electron chi connectivity index (χ4n) is 8.03. The minimum absolute atomic E-state index is 0.365. The third kappa shape index (κ3) is 8.88. The van der Waals surface area contributed by atoms with Gasteiger partial charge in [0.2, 0.25) is 0 Å². The second-order valence-electron chi connectivity index (χ2n) is 13.8. The van der Waals surface area contributed by atoms with E-state index in [1.807, 2.05) is 0 Å². The molecule has 0 bridgehead atoms. The van der Waals surface area contributed by atoms with Gasteiger partial charge >= 0.3 is 0 Å². The summed E-state index contributed by atoms with van der Waals surface area (Å²) in [6.45, 7) is 9.28. The molecule has 4 rings (SSSR count). The first-order valence-corrected chi connectivity index (χ1v) is 17.9. The first kappa shape index (κ1) is 35.4. The Morgan fingerprint density at radius 1 is 0.556 bits per heavy atom. The lowest BCUT2D eigenvalue weighted by molar-refractivity contribution is 0.257. The van der Waals surface area contributed by atoms with Crippen molar-refractivity contribution in [3.8, 4) is 23.0 Å². The molecule has 2 aliphatic rings. The molecule has 0 spiro atoms. The second kappa shape index (κ2) is 17.5. The first-order chi connectivity index (χ1) is 21.9. The Hall–Kier alpha value is -2.44. The molecule has 0 aromatic heterocycles. The molecule has 6 heteroatoms. The average molecular weight is 623 g/mol. The van der Waals surface area contributed by atoms with Gasteiger partial charge in [0.05, 0.1) is 28.4 Å². The third-order valence-electron chi connectivity index (χ3n) is 10.4. The molecule has 0 aliphatic carbocycles. The third-order valence-corrected chi connectivity index (χ3v) is 10.4. The number of hydrogen-bond donors (Lipinski definition) is 2. The Labute approximate surface area is 274 Å². The van der Waals surface area contributed by atoms with E-state index < -0.39 is 0 Å². The highest BCUT2D eigenvalue weighted by Crippen LogP contribution is 2.43. The molecule has 2 aliphatic heterocycles. The number of fused-ring (bicyclic) bond motifs is 2. The van der Waals surface area contributed by atoms with Gasteiger partial charge < -0.3 is 29.6 Å². The summed E-state index contributed by atoms with van der Waals surface area (Å²) in [4.78, 5) is 0. The lowest BCUT2D eigenvalue weighted by Crippen LogP contribution is -2.41. The average Bonchev–Trinajstić information content (AvgIpc) is 3.05. The number of unbranched alkanes of at least 4 members (excludes halogenated alkanes) is 4. The Morgan fingerprint density at radius 3 is 1.27 bits per heavy atom. The Balaban J connectivity index is 1.44. The zero-order valence-electron chi connectivity index (χ0n) is 29.6. The number of methoxy groups -OCH3 is 4. The summed E-state index contributed by atoms with van der Waals surface area (Å²) in [6, 6.07) is 10.6. The van der Waals surface area contributed by atoms with Crippen molar-refractivity contribution in [1.29, 1.82) is 0 Å². The molecule has 0 saturated heterocycles. The van der Waals surface area contributed by atoms with Crippen molar-refractivity contribution in [3.63, 3.8) is 0 Å². The van der Waals surface area contributed by atoms with Crippen LogP contribution >= 0.6 is 0 Å². The molecular formula is C39H62N2O4. The summed E-state index contributed by atoms with van der Waals surface area (Å²) in [6.07, 6.45) is 16.0. The zero-order chi connectivity index (χ0) is 32.3. The van der Waals surface area contributed by atoms with Gasteiger partial charge in [-0.05, 0) is 111 Å². The predicted molar refractivity (Wildman–Crippen MR) is 186 cm³/mol. The van der Waals surface area contributed by atoms with Gasteiger partial charge in [0.15, 0.2) is 23.0 Å². The van der Waals surface area contributed by atoms with Crippen LogP contribution in [0.1, 0.15) is 133 Å². The molecular weight excluding hydrogens is 560 g/mol. The highest BCUT2D eigenvalue weighted by atomic mass is 16.5. The molecule has 0 radical (unpaired) electrons. The van der Waals surface area contributed by atoms with Crippen LogP contribution in [0.25, 0.3) is 0 Å². The minimum atomic E-state index is 0.365. The summed E-state index contributed by atoms with van der Waals surface area (Å²) >= 11 is 0. The molecule has 0 amide bonds.